The molecule has 1 aromatic rings. The molecule has 0 unspecified atom stereocenters. The molecule has 0 aromatic carbocycles. The van der Waals surface area contributed by atoms with E-state index in [-0.39, 0.29) is 0 Å². The van der Waals surface area contributed by atoms with Gasteiger partial charge in [0, 0.05) is 19.3 Å². The number of nitriles is 1. The van der Waals surface area contributed by atoms with Crippen molar-refractivity contribution in [1.29, 1.82) is 5.26 Å². The van der Waals surface area contributed by atoms with Crippen LogP contribution >= 0.6 is 0 Å². The Balaban J connectivity index is 2.18. The zero-order valence-electron chi connectivity index (χ0n) is 12.2. The van der Waals surface area contributed by atoms with Gasteiger partial charge in [-0.05, 0) is 38.7 Å². The molecule has 3 nitrogen and oxygen atoms in total. The van der Waals surface area contributed by atoms with Crippen LogP contribution in [0.15, 0.2) is 6.07 Å². The van der Waals surface area contributed by atoms with Crippen LogP contribution in [0.2, 0.25) is 0 Å². The minimum atomic E-state index is 0.726. The molecule has 0 atom stereocenters. The van der Waals surface area contributed by atoms with E-state index in [1.54, 1.807) is 0 Å². The van der Waals surface area contributed by atoms with Gasteiger partial charge in [-0.1, -0.05) is 19.3 Å². The lowest BCUT2D eigenvalue weighted by Gasteiger charge is -2.29. The smallest absolute Gasteiger partial charge is 0.103 e. The molecule has 0 amide bonds. The van der Waals surface area contributed by atoms with Crippen LogP contribution in [0.25, 0.3) is 0 Å². The molecule has 102 valence electrons. The van der Waals surface area contributed by atoms with Crippen LogP contribution in [-0.4, -0.2) is 18.6 Å². The van der Waals surface area contributed by atoms with Crippen molar-refractivity contribution in [3.63, 3.8) is 0 Å². The number of aromatic nitrogens is 1. The number of rotatable bonds is 3. The second-order valence-corrected chi connectivity index (χ2v) is 5.74. The predicted molar refractivity (Wildman–Crippen MR) is 78.3 cm³/mol. The second kappa shape index (κ2) is 6.06. The molecule has 2 rings (SSSR count). The number of pyridine rings is 1. The van der Waals surface area contributed by atoms with E-state index in [1.165, 1.54) is 32.1 Å². The van der Waals surface area contributed by atoms with E-state index in [1.807, 2.05) is 19.9 Å². The third kappa shape index (κ3) is 3.26. The van der Waals surface area contributed by atoms with E-state index in [2.05, 4.69) is 23.0 Å². The van der Waals surface area contributed by atoms with Gasteiger partial charge in [0.25, 0.3) is 0 Å². The summed E-state index contributed by atoms with van der Waals surface area (Å²) in [6, 6.07) is 4.34. The maximum Gasteiger partial charge on any atom is 0.103 e. The normalized spacial score (nSPS) is 16.1. The molecule has 1 fully saturated rings. The number of nitrogens with zero attached hydrogens (tertiary/aromatic N) is 3. The van der Waals surface area contributed by atoms with Crippen LogP contribution in [0.3, 0.4) is 0 Å². The Morgan fingerprint density at radius 3 is 2.63 bits per heavy atom. The monoisotopic (exact) mass is 257 g/mol. The number of aryl methyl sites for hydroxylation is 2. The standard InChI is InChI=1S/C16H23N3/c1-12-9-16(15(10-17)13(2)18-12)19(3)11-14-7-5-4-6-8-14/h9,14H,4-8,11H2,1-3H3. The third-order valence-electron chi connectivity index (χ3n) is 4.09. The van der Waals surface area contributed by atoms with Crippen molar-refractivity contribution in [2.75, 3.05) is 18.5 Å². The lowest BCUT2D eigenvalue weighted by molar-refractivity contribution is 0.362. The Kier molecular flexibility index (Phi) is 4.42. The molecule has 19 heavy (non-hydrogen) atoms. The highest BCUT2D eigenvalue weighted by Crippen LogP contribution is 2.28. The van der Waals surface area contributed by atoms with Crippen molar-refractivity contribution >= 4 is 5.69 Å². The summed E-state index contributed by atoms with van der Waals surface area (Å²) in [5.41, 5.74) is 3.59. The highest BCUT2D eigenvalue weighted by molar-refractivity contribution is 5.61. The SMILES string of the molecule is Cc1cc(N(C)CC2CCCCC2)c(C#N)c(C)n1. The van der Waals surface area contributed by atoms with E-state index in [4.69, 9.17) is 0 Å². The Labute approximate surface area is 116 Å². The van der Waals surface area contributed by atoms with Gasteiger partial charge in [-0.15, -0.1) is 0 Å². The minimum absolute atomic E-state index is 0.726. The van der Waals surface area contributed by atoms with E-state index in [0.717, 1.165) is 35.1 Å². The van der Waals surface area contributed by atoms with Gasteiger partial charge in [-0.2, -0.15) is 5.26 Å². The summed E-state index contributed by atoms with van der Waals surface area (Å²) in [7, 11) is 2.10. The lowest BCUT2D eigenvalue weighted by Crippen LogP contribution is -2.27. The first-order valence-corrected chi connectivity index (χ1v) is 7.21. The van der Waals surface area contributed by atoms with Crippen molar-refractivity contribution in [3.8, 4) is 6.07 Å². The summed E-state index contributed by atoms with van der Waals surface area (Å²) < 4.78 is 0. The van der Waals surface area contributed by atoms with Gasteiger partial charge in [-0.3, -0.25) is 4.98 Å². The van der Waals surface area contributed by atoms with Crippen molar-refractivity contribution < 1.29 is 0 Å². The summed E-state index contributed by atoms with van der Waals surface area (Å²) in [5, 5.41) is 9.33. The summed E-state index contributed by atoms with van der Waals surface area (Å²) >= 11 is 0. The number of hydrogen-bond donors (Lipinski definition) is 0. The van der Waals surface area contributed by atoms with E-state index in [9.17, 15) is 5.26 Å². The third-order valence-corrected chi connectivity index (χ3v) is 4.09. The second-order valence-electron chi connectivity index (χ2n) is 5.74. The quantitative estimate of drug-likeness (QED) is 0.830. The molecule has 0 bridgehead atoms. The number of hydrogen-bond acceptors (Lipinski definition) is 3. The molecule has 0 N–H and O–H groups in total. The Hall–Kier alpha value is -1.56. The van der Waals surface area contributed by atoms with Gasteiger partial charge >= 0.3 is 0 Å². The van der Waals surface area contributed by atoms with Gasteiger partial charge < -0.3 is 4.90 Å². The van der Waals surface area contributed by atoms with E-state index >= 15 is 0 Å². The molecule has 0 aliphatic heterocycles. The summed E-state index contributed by atoms with van der Waals surface area (Å²) in [4.78, 5) is 6.63. The highest BCUT2D eigenvalue weighted by atomic mass is 15.1. The average molecular weight is 257 g/mol. The van der Waals surface area contributed by atoms with Gasteiger partial charge in [0.15, 0.2) is 0 Å². The topological polar surface area (TPSA) is 39.9 Å². The van der Waals surface area contributed by atoms with Crippen LogP contribution < -0.4 is 4.90 Å². The molecule has 1 aliphatic carbocycles. The average Bonchev–Trinajstić information content (AvgIpc) is 2.39. The molecule has 1 saturated carbocycles. The molecule has 0 spiro atoms. The molecule has 0 saturated heterocycles. The number of anilines is 1. The molecule has 1 aromatic heterocycles. The summed E-state index contributed by atoms with van der Waals surface area (Å²) in [5.74, 6) is 0.777. The van der Waals surface area contributed by atoms with E-state index in [0.29, 0.717) is 0 Å². The largest absolute Gasteiger partial charge is 0.373 e. The molecule has 1 heterocycles. The molecular weight excluding hydrogens is 234 g/mol. The van der Waals surface area contributed by atoms with Crippen molar-refractivity contribution in [2.45, 2.75) is 46.0 Å². The molecule has 0 radical (unpaired) electrons. The van der Waals surface area contributed by atoms with Crippen molar-refractivity contribution in [2.24, 2.45) is 5.92 Å². The molecule has 3 heteroatoms. The molecule has 1 aliphatic rings. The van der Waals surface area contributed by atoms with Crippen LogP contribution in [0.1, 0.15) is 49.1 Å². The van der Waals surface area contributed by atoms with Gasteiger partial charge in [0.2, 0.25) is 0 Å². The van der Waals surface area contributed by atoms with Crippen molar-refractivity contribution in [1.82, 2.24) is 4.98 Å². The highest BCUT2D eigenvalue weighted by Gasteiger charge is 2.18. The fourth-order valence-corrected chi connectivity index (χ4v) is 3.10. The zero-order chi connectivity index (χ0) is 13.8. The maximum absolute atomic E-state index is 9.33. The first-order valence-electron chi connectivity index (χ1n) is 7.21. The van der Waals surface area contributed by atoms with Gasteiger partial charge in [0.1, 0.15) is 6.07 Å². The Morgan fingerprint density at radius 2 is 2.00 bits per heavy atom. The van der Waals surface area contributed by atoms with E-state index < -0.39 is 0 Å². The van der Waals surface area contributed by atoms with Crippen LogP contribution in [-0.2, 0) is 0 Å². The first-order chi connectivity index (χ1) is 9.11. The fourth-order valence-electron chi connectivity index (χ4n) is 3.10. The van der Waals surface area contributed by atoms with Crippen LogP contribution in [0, 0.1) is 31.1 Å². The summed E-state index contributed by atoms with van der Waals surface area (Å²) in [6.07, 6.45) is 6.76. The van der Waals surface area contributed by atoms with Gasteiger partial charge in [0.05, 0.1) is 16.9 Å². The Morgan fingerprint density at radius 1 is 1.32 bits per heavy atom. The molecular formula is C16H23N3. The maximum atomic E-state index is 9.33. The van der Waals surface area contributed by atoms with Crippen molar-refractivity contribution in [3.05, 3.63) is 23.0 Å². The fraction of sp³-hybridized carbons (Fsp3) is 0.625. The summed E-state index contributed by atoms with van der Waals surface area (Å²) in [6.45, 7) is 4.97. The van der Waals surface area contributed by atoms with Crippen LogP contribution in [0.5, 0.6) is 0 Å². The van der Waals surface area contributed by atoms with Crippen LogP contribution in [0.4, 0.5) is 5.69 Å². The zero-order valence-corrected chi connectivity index (χ0v) is 12.2. The minimum Gasteiger partial charge on any atom is -0.373 e. The Bertz CT molecular complexity index is 482. The predicted octanol–water partition coefficient (Wildman–Crippen LogP) is 3.59. The lowest BCUT2D eigenvalue weighted by atomic mass is 9.89. The first kappa shape index (κ1) is 13.9. The van der Waals surface area contributed by atoms with Gasteiger partial charge in [-0.25, -0.2) is 0 Å².